The number of amides is 1. The van der Waals surface area contributed by atoms with Crippen molar-refractivity contribution in [3.05, 3.63) is 28.2 Å². The Kier molecular flexibility index (Phi) is 3.33. The fourth-order valence-electron chi connectivity index (χ4n) is 1.88. The highest BCUT2D eigenvalue weighted by molar-refractivity contribution is 9.10. The average molecular weight is 286 g/mol. The van der Waals surface area contributed by atoms with Crippen LogP contribution in [0.3, 0.4) is 0 Å². The second-order valence-corrected chi connectivity index (χ2v) is 4.53. The van der Waals surface area contributed by atoms with Gasteiger partial charge in [0.15, 0.2) is 0 Å². The lowest BCUT2D eigenvalue weighted by Gasteiger charge is -2.26. The molecule has 16 heavy (non-hydrogen) atoms. The Morgan fingerprint density at radius 2 is 2.44 bits per heavy atom. The Morgan fingerprint density at radius 1 is 1.62 bits per heavy atom. The summed E-state index contributed by atoms with van der Waals surface area (Å²) in [4.78, 5) is 10.5. The molecule has 4 nitrogen and oxygen atoms in total. The predicted molar refractivity (Wildman–Crippen MR) is 63.0 cm³/mol. The molecule has 0 saturated heterocycles. The first-order valence-electron chi connectivity index (χ1n) is 5.06. The SMILES string of the molecule is O=C(O)NC[C@H]1CCOc2c(Br)cccc21. The molecule has 1 amide bonds. The van der Waals surface area contributed by atoms with Crippen molar-refractivity contribution < 1.29 is 14.6 Å². The van der Waals surface area contributed by atoms with Gasteiger partial charge in [-0.25, -0.2) is 4.79 Å². The largest absolute Gasteiger partial charge is 0.492 e. The summed E-state index contributed by atoms with van der Waals surface area (Å²) in [5.41, 5.74) is 1.06. The summed E-state index contributed by atoms with van der Waals surface area (Å²) in [7, 11) is 0. The van der Waals surface area contributed by atoms with Gasteiger partial charge in [0.2, 0.25) is 0 Å². The third-order valence-electron chi connectivity index (χ3n) is 2.65. The van der Waals surface area contributed by atoms with E-state index in [0.717, 1.165) is 22.2 Å². The second-order valence-electron chi connectivity index (χ2n) is 3.68. The number of nitrogens with one attached hydrogen (secondary N) is 1. The topological polar surface area (TPSA) is 58.6 Å². The number of halogens is 1. The number of carbonyl (C=O) groups is 1. The summed E-state index contributed by atoms with van der Waals surface area (Å²) in [5, 5.41) is 11.0. The average Bonchev–Trinajstić information content (AvgIpc) is 2.27. The molecule has 1 aromatic carbocycles. The molecule has 86 valence electrons. The molecule has 1 atom stereocenters. The molecule has 1 aromatic rings. The zero-order valence-corrected chi connectivity index (χ0v) is 10.2. The summed E-state index contributed by atoms with van der Waals surface area (Å²) in [5.74, 6) is 1.03. The number of para-hydroxylation sites is 1. The Bertz CT molecular complexity index is 408. The highest BCUT2D eigenvalue weighted by atomic mass is 79.9. The molecule has 0 fully saturated rings. The number of hydrogen-bond donors (Lipinski definition) is 2. The normalized spacial score (nSPS) is 18.4. The molecule has 0 radical (unpaired) electrons. The van der Waals surface area contributed by atoms with Crippen LogP contribution in [0.1, 0.15) is 17.9 Å². The minimum Gasteiger partial charge on any atom is -0.492 e. The van der Waals surface area contributed by atoms with Gasteiger partial charge in [0.05, 0.1) is 11.1 Å². The molecule has 0 aliphatic carbocycles. The maximum Gasteiger partial charge on any atom is 0.404 e. The number of fused-ring (bicyclic) bond motifs is 1. The van der Waals surface area contributed by atoms with Crippen LogP contribution < -0.4 is 10.1 Å². The van der Waals surface area contributed by atoms with Crippen LogP contribution in [0.5, 0.6) is 5.75 Å². The maximum atomic E-state index is 10.5. The quantitative estimate of drug-likeness (QED) is 0.878. The van der Waals surface area contributed by atoms with Crippen molar-refractivity contribution in [2.45, 2.75) is 12.3 Å². The van der Waals surface area contributed by atoms with Gasteiger partial charge in [0.25, 0.3) is 0 Å². The van der Waals surface area contributed by atoms with Crippen molar-refractivity contribution in [2.75, 3.05) is 13.2 Å². The molecule has 1 aliphatic rings. The lowest BCUT2D eigenvalue weighted by molar-refractivity contribution is 0.191. The predicted octanol–water partition coefficient (Wildman–Crippen LogP) is 2.58. The molecule has 2 rings (SSSR count). The van der Waals surface area contributed by atoms with Crippen molar-refractivity contribution in [1.82, 2.24) is 5.32 Å². The van der Waals surface area contributed by atoms with Crippen LogP contribution in [0.2, 0.25) is 0 Å². The van der Waals surface area contributed by atoms with Gasteiger partial charge in [-0.1, -0.05) is 12.1 Å². The van der Waals surface area contributed by atoms with Crippen molar-refractivity contribution in [2.24, 2.45) is 0 Å². The summed E-state index contributed by atoms with van der Waals surface area (Å²) >= 11 is 3.43. The number of benzene rings is 1. The van der Waals surface area contributed by atoms with E-state index in [2.05, 4.69) is 21.2 Å². The highest BCUT2D eigenvalue weighted by Gasteiger charge is 2.23. The number of ether oxygens (including phenoxy) is 1. The van der Waals surface area contributed by atoms with E-state index < -0.39 is 6.09 Å². The van der Waals surface area contributed by atoms with Gasteiger partial charge < -0.3 is 15.2 Å². The fourth-order valence-corrected chi connectivity index (χ4v) is 2.38. The van der Waals surface area contributed by atoms with E-state index in [4.69, 9.17) is 9.84 Å². The Balaban J connectivity index is 2.19. The summed E-state index contributed by atoms with van der Waals surface area (Å²) in [6.07, 6.45) is -0.146. The fraction of sp³-hybridized carbons (Fsp3) is 0.364. The maximum absolute atomic E-state index is 10.5. The van der Waals surface area contributed by atoms with Crippen LogP contribution >= 0.6 is 15.9 Å². The molecular weight excluding hydrogens is 274 g/mol. The standard InChI is InChI=1S/C11H12BrNO3/c12-9-3-1-2-8-7(6-13-11(14)15)4-5-16-10(8)9/h1-3,7,13H,4-6H2,(H,14,15)/t7-/m1/s1. The number of carboxylic acid groups (broad SMARTS) is 1. The lowest BCUT2D eigenvalue weighted by atomic mass is 9.93. The summed E-state index contributed by atoms with van der Waals surface area (Å²) in [6.45, 7) is 1.06. The van der Waals surface area contributed by atoms with E-state index >= 15 is 0 Å². The van der Waals surface area contributed by atoms with Crippen LogP contribution in [0.4, 0.5) is 4.79 Å². The van der Waals surface area contributed by atoms with Gasteiger partial charge in [0.1, 0.15) is 5.75 Å². The van der Waals surface area contributed by atoms with Crippen LogP contribution in [0.25, 0.3) is 0 Å². The van der Waals surface area contributed by atoms with E-state index in [1.807, 2.05) is 18.2 Å². The number of rotatable bonds is 2. The van der Waals surface area contributed by atoms with Crippen molar-refractivity contribution in [1.29, 1.82) is 0 Å². The first-order valence-corrected chi connectivity index (χ1v) is 5.86. The molecule has 0 saturated carbocycles. The molecule has 0 aromatic heterocycles. The third-order valence-corrected chi connectivity index (χ3v) is 3.27. The van der Waals surface area contributed by atoms with E-state index in [1.54, 1.807) is 0 Å². The van der Waals surface area contributed by atoms with E-state index in [0.29, 0.717) is 13.2 Å². The molecule has 1 heterocycles. The van der Waals surface area contributed by atoms with Crippen molar-refractivity contribution >= 4 is 22.0 Å². The van der Waals surface area contributed by atoms with Crippen LogP contribution in [0, 0.1) is 0 Å². The molecule has 0 spiro atoms. The third kappa shape index (κ3) is 2.29. The second kappa shape index (κ2) is 4.74. The van der Waals surface area contributed by atoms with Gasteiger partial charge in [-0.2, -0.15) is 0 Å². The van der Waals surface area contributed by atoms with Crippen LogP contribution in [-0.2, 0) is 0 Å². The monoisotopic (exact) mass is 285 g/mol. The van der Waals surface area contributed by atoms with Gasteiger partial charge in [-0.3, -0.25) is 0 Å². The van der Waals surface area contributed by atoms with Gasteiger partial charge in [-0.15, -0.1) is 0 Å². The minimum absolute atomic E-state index is 0.192. The van der Waals surface area contributed by atoms with E-state index in [9.17, 15) is 4.79 Å². The summed E-state index contributed by atoms with van der Waals surface area (Å²) in [6, 6.07) is 5.84. The Labute approximate surface area is 102 Å². The van der Waals surface area contributed by atoms with Crippen molar-refractivity contribution in [3.63, 3.8) is 0 Å². The van der Waals surface area contributed by atoms with Crippen LogP contribution in [-0.4, -0.2) is 24.4 Å². The van der Waals surface area contributed by atoms with E-state index in [-0.39, 0.29) is 5.92 Å². The van der Waals surface area contributed by atoms with Gasteiger partial charge in [0, 0.05) is 18.0 Å². The van der Waals surface area contributed by atoms with Crippen LogP contribution in [0.15, 0.2) is 22.7 Å². The van der Waals surface area contributed by atoms with E-state index in [1.165, 1.54) is 0 Å². The Hall–Kier alpha value is -1.23. The molecule has 5 heteroatoms. The first kappa shape index (κ1) is 11.3. The lowest BCUT2D eigenvalue weighted by Crippen LogP contribution is -2.29. The molecule has 0 unspecified atom stereocenters. The summed E-state index contributed by atoms with van der Waals surface area (Å²) < 4.78 is 6.49. The first-order chi connectivity index (χ1) is 7.68. The smallest absolute Gasteiger partial charge is 0.404 e. The molecule has 1 aliphatic heterocycles. The zero-order chi connectivity index (χ0) is 11.5. The molecule has 2 N–H and O–H groups in total. The highest BCUT2D eigenvalue weighted by Crippen LogP contribution is 2.38. The zero-order valence-electron chi connectivity index (χ0n) is 8.57. The number of hydrogen-bond acceptors (Lipinski definition) is 2. The van der Waals surface area contributed by atoms with Gasteiger partial charge >= 0.3 is 6.09 Å². The minimum atomic E-state index is -0.983. The Morgan fingerprint density at radius 3 is 3.19 bits per heavy atom. The molecular formula is C11H12BrNO3. The van der Waals surface area contributed by atoms with Gasteiger partial charge in [-0.05, 0) is 28.4 Å². The van der Waals surface area contributed by atoms with Crippen molar-refractivity contribution in [3.8, 4) is 5.75 Å². The molecule has 0 bridgehead atoms.